The van der Waals surface area contributed by atoms with Gasteiger partial charge in [-0.15, -0.1) is 0 Å². The van der Waals surface area contributed by atoms with Crippen LogP contribution in [-0.2, 0) is 11.3 Å². The summed E-state index contributed by atoms with van der Waals surface area (Å²) in [7, 11) is 0. The number of H-pyrrole nitrogens is 1. The first-order chi connectivity index (χ1) is 8.79. The number of rotatable bonds is 5. The fourth-order valence-electron chi connectivity index (χ4n) is 1.60. The van der Waals surface area contributed by atoms with Crippen molar-refractivity contribution in [3.8, 4) is 11.3 Å². The molecular formula is C13H15N3OS. The molecule has 5 heteroatoms. The fraction of sp³-hybridized carbons (Fsp3) is 0.231. The Kier molecular flexibility index (Phi) is 4.41. The maximum absolute atomic E-state index is 11.3. The Morgan fingerprint density at radius 2 is 2.11 bits per heavy atom. The molecular weight excluding hydrogens is 246 g/mol. The largest absolute Gasteiger partial charge is 0.351 e. The van der Waals surface area contributed by atoms with E-state index in [4.69, 9.17) is 0 Å². The molecule has 4 nitrogen and oxygen atoms in total. The van der Waals surface area contributed by atoms with Crippen LogP contribution >= 0.6 is 11.8 Å². The molecule has 1 amide bonds. The zero-order valence-electron chi connectivity index (χ0n) is 10.1. The van der Waals surface area contributed by atoms with E-state index in [1.165, 1.54) is 11.8 Å². The van der Waals surface area contributed by atoms with E-state index in [2.05, 4.69) is 15.5 Å². The summed E-state index contributed by atoms with van der Waals surface area (Å²) < 4.78 is 0. The van der Waals surface area contributed by atoms with Crippen molar-refractivity contribution in [1.29, 1.82) is 0 Å². The topological polar surface area (TPSA) is 57.8 Å². The highest BCUT2D eigenvalue weighted by atomic mass is 32.2. The molecule has 2 aromatic rings. The Morgan fingerprint density at radius 1 is 1.33 bits per heavy atom. The van der Waals surface area contributed by atoms with Gasteiger partial charge < -0.3 is 5.32 Å². The van der Waals surface area contributed by atoms with Gasteiger partial charge in [-0.25, -0.2) is 0 Å². The Morgan fingerprint density at radius 3 is 2.72 bits per heavy atom. The Hall–Kier alpha value is -1.75. The molecule has 0 spiro atoms. The van der Waals surface area contributed by atoms with Crippen LogP contribution in [0.25, 0.3) is 11.3 Å². The van der Waals surface area contributed by atoms with Gasteiger partial charge in [-0.05, 0) is 23.4 Å². The molecule has 0 bridgehead atoms. The zero-order chi connectivity index (χ0) is 12.8. The fourth-order valence-corrected chi connectivity index (χ4v) is 1.97. The average molecular weight is 261 g/mol. The van der Waals surface area contributed by atoms with Gasteiger partial charge in [0.2, 0.25) is 5.91 Å². The molecule has 18 heavy (non-hydrogen) atoms. The van der Waals surface area contributed by atoms with E-state index in [0.29, 0.717) is 12.3 Å². The third kappa shape index (κ3) is 3.37. The van der Waals surface area contributed by atoms with Gasteiger partial charge in [0.1, 0.15) is 0 Å². The molecule has 1 heterocycles. The van der Waals surface area contributed by atoms with Gasteiger partial charge in [-0.1, -0.05) is 24.3 Å². The number of nitrogens with zero attached hydrogens (tertiary/aromatic N) is 1. The highest BCUT2D eigenvalue weighted by molar-refractivity contribution is 7.99. The molecule has 0 aliphatic carbocycles. The maximum atomic E-state index is 11.3. The van der Waals surface area contributed by atoms with Crippen LogP contribution in [0.5, 0.6) is 0 Å². The Balaban J connectivity index is 1.94. The van der Waals surface area contributed by atoms with Crippen LogP contribution in [-0.4, -0.2) is 28.1 Å². The second kappa shape index (κ2) is 6.26. The Bertz CT molecular complexity index is 493. The van der Waals surface area contributed by atoms with Crippen molar-refractivity contribution in [2.75, 3.05) is 12.0 Å². The first-order valence-electron chi connectivity index (χ1n) is 5.64. The number of carbonyl (C=O) groups is 1. The number of benzene rings is 1. The van der Waals surface area contributed by atoms with Gasteiger partial charge in [0.05, 0.1) is 11.4 Å². The summed E-state index contributed by atoms with van der Waals surface area (Å²) in [5.41, 5.74) is 3.17. The van der Waals surface area contributed by atoms with Crippen molar-refractivity contribution in [3.63, 3.8) is 0 Å². The van der Waals surface area contributed by atoms with Crippen LogP contribution in [0.2, 0.25) is 0 Å². The van der Waals surface area contributed by atoms with Crippen molar-refractivity contribution in [3.05, 3.63) is 42.1 Å². The molecule has 0 saturated carbocycles. The average Bonchev–Trinajstić information content (AvgIpc) is 2.91. The van der Waals surface area contributed by atoms with Gasteiger partial charge in [0.15, 0.2) is 0 Å². The monoisotopic (exact) mass is 261 g/mol. The maximum Gasteiger partial charge on any atom is 0.230 e. The number of hydrogen-bond donors (Lipinski definition) is 2. The molecule has 94 valence electrons. The summed E-state index contributed by atoms with van der Waals surface area (Å²) in [6.45, 7) is 0.572. The second-order valence-electron chi connectivity index (χ2n) is 3.88. The summed E-state index contributed by atoms with van der Waals surface area (Å²) in [6.07, 6.45) is 3.64. The molecule has 0 radical (unpaired) electrons. The lowest BCUT2D eigenvalue weighted by atomic mass is 10.1. The number of thioether (sulfide) groups is 1. The lowest BCUT2D eigenvalue weighted by molar-refractivity contribution is -0.118. The minimum Gasteiger partial charge on any atom is -0.351 e. The molecule has 2 N–H and O–H groups in total. The van der Waals surface area contributed by atoms with Crippen LogP contribution in [0.15, 0.2) is 36.5 Å². The van der Waals surface area contributed by atoms with Gasteiger partial charge in [-0.3, -0.25) is 9.89 Å². The van der Waals surface area contributed by atoms with Crippen molar-refractivity contribution in [1.82, 2.24) is 15.5 Å². The van der Waals surface area contributed by atoms with Crippen LogP contribution in [0, 0.1) is 0 Å². The molecule has 1 aromatic heterocycles. The number of nitrogens with one attached hydrogen (secondary N) is 2. The van der Waals surface area contributed by atoms with Gasteiger partial charge in [-0.2, -0.15) is 16.9 Å². The molecule has 1 aromatic carbocycles. The minimum atomic E-state index is 0.0696. The smallest absolute Gasteiger partial charge is 0.230 e. The van der Waals surface area contributed by atoms with Gasteiger partial charge >= 0.3 is 0 Å². The summed E-state index contributed by atoms with van der Waals surface area (Å²) >= 11 is 1.52. The first-order valence-corrected chi connectivity index (χ1v) is 7.03. The summed E-state index contributed by atoms with van der Waals surface area (Å²) in [4.78, 5) is 11.3. The number of hydrogen-bond acceptors (Lipinski definition) is 3. The SMILES string of the molecule is CSCC(=O)NCc1ccc(-c2ccn[nH]2)cc1. The predicted octanol–water partition coefficient (Wildman–Crippen LogP) is 2.06. The molecule has 0 atom stereocenters. The summed E-state index contributed by atoms with van der Waals surface area (Å²) in [5, 5.41) is 9.71. The number of aromatic nitrogens is 2. The first kappa shape index (κ1) is 12.7. The molecule has 0 fully saturated rings. The van der Waals surface area contributed by atoms with Crippen LogP contribution in [0.1, 0.15) is 5.56 Å². The normalized spacial score (nSPS) is 10.3. The lowest BCUT2D eigenvalue weighted by Gasteiger charge is -2.05. The minimum absolute atomic E-state index is 0.0696. The van der Waals surface area contributed by atoms with Crippen molar-refractivity contribution >= 4 is 17.7 Å². The molecule has 0 saturated heterocycles. The zero-order valence-corrected chi connectivity index (χ0v) is 11.0. The number of amides is 1. The van der Waals surface area contributed by atoms with E-state index < -0.39 is 0 Å². The lowest BCUT2D eigenvalue weighted by Crippen LogP contribution is -2.24. The second-order valence-corrected chi connectivity index (χ2v) is 4.74. The van der Waals surface area contributed by atoms with Crippen LogP contribution in [0.3, 0.4) is 0 Å². The standard InChI is InChI=1S/C13H15N3OS/c1-18-9-13(17)14-8-10-2-4-11(5-3-10)12-6-7-15-16-12/h2-7H,8-9H2,1H3,(H,14,17)(H,15,16). The van der Waals surface area contributed by atoms with E-state index in [1.807, 2.05) is 36.6 Å². The number of aromatic amines is 1. The quantitative estimate of drug-likeness (QED) is 0.866. The Labute approximate surface area is 110 Å². The summed E-state index contributed by atoms with van der Waals surface area (Å²) in [5.74, 6) is 0.576. The third-order valence-corrected chi connectivity index (χ3v) is 3.08. The third-order valence-electron chi connectivity index (χ3n) is 2.53. The van der Waals surface area contributed by atoms with E-state index in [1.54, 1.807) is 6.20 Å². The van der Waals surface area contributed by atoms with E-state index in [-0.39, 0.29) is 5.91 Å². The molecule has 0 aliphatic rings. The van der Waals surface area contributed by atoms with E-state index in [9.17, 15) is 4.79 Å². The van der Waals surface area contributed by atoms with E-state index >= 15 is 0 Å². The predicted molar refractivity (Wildman–Crippen MR) is 74.3 cm³/mol. The van der Waals surface area contributed by atoms with Crippen molar-refractivity contribution in [2.45, 2.75) is 6.54 Å². The van der Waals surface area contributed by atoms with Gasteiger partial charge in [0, 0.05) is 12.7 Å². The molecule has 0 unspecified atom stereocenters. The summed E-state index contributed by atoms with van der Waals surface area (Å²) in [6, 6.07) is 9.98. The van der Waals surface area contributed by atoms with Crippen LogP contribution in [0.4, 0.5) is 0 Å². The highest BCUT2D eigenvalue weighted by Crippen LogP contribution is 2.16. The van der Waals surface area contributed by atoms with Crippen LogP contribution < -0.4 is 5.32 Å². The van der Waals surface area contributed by atoms with Crippen molar-refractivity contribution < 1.29 is 4.79 Å². The number of carbonyl (C=O) groups excluding carboxylic acids is 1. The van der Waals surface area contributed by atoms with E-state index in [0.717, 1.165) is 16.8 Å². The molecule has 0 aliphatic heterocycles. The van der Waals surface area contributed by atoms with Gasteiger partial charge in [0.25, 0.3) is 0 Å². The molecule has 2 rings (SSSR count). The highest BCUT2D eigenvalue weighted by Gasteiger charge is 2.01. The van der Waals surface area contributed by atoms with Crippen molar-refractivity contribution in [2.24, 2.45) is 0 Å².